The maximum atomic E-state index is 13.8. The van der Waals surface area contributed by atoms with Crippen LogP contribution in [0.15, 0.2) is 65.6 Å². The molecule has 3 aromatic rings. The predicted octanol–water partition coefficient (Wildman–Crippen LogP) is 5.14. The van der Waals surface area contributed by atoms with Gasteiger partial charge in [0.1, 0.15) is 24.8 Å². The molecule has 13 heteroatoms. The Kier molecular flexibility index (Phi) is 8.20. The van der Waals surface area contributed by atoms with Crippen LogP contribution in [0.1, 0.15) is 11.1 Å². The molecule has 0 atom stereocenters. The number of halogens is 2. The van der Waals surface area contributed by atoms with Crippen LogP contribution in [0.2, 0.25) is 0 Å². The van der Waals surface area contributed by atoms with Gasteiger partial charge < -0.3 is 14.8 Å². The molecule has 0 bridgehead atoms. The number of rotatable bonds is 9. The summed E-state index contributed by atoms with van der Waals surface area (Å²) in [5, 5.41) is 13.2. The van der Waals surface area contributed by atoms with Crippen molar-refractivity contribution < 1.29 is 37.6 Å². The normalized spacial score (nSPS) is 14.0. The second kappa shape index (κ2) is 11.7. The Labute approximate surface area is 224 Å². The van der Waals surface area contributed by atoms with Crippen LogP contribution in [0.5, 0.6) is 11.5 Å². The third-order valence-corrected chi connectivity index (χ3v) is 6.32. The molecule has 1 fully saturated rings. The van der Waals surface area contributed by atoms with E-state index in [4.69, 9.17) is 9.47 Å². The number of imide groups is 1. The molecular weight excluding hydrogens is 536 g/mol. The van der Waals surface area contributed by atoms with Crippen molar-refractivity contribution in [2.75, 3.05) is 19.0 Å². The second-order valence-electron chi connectivity index (χ2n) is 8.03. The molecule has 3 amide bonds. The molecule has 1 heterocycles. The maximum Gasteiger partial charge on any atom is 0.294 e. The highest BCUT2D eigenvalue weighted by Gasteiger charge is 2.37. The van der Waals surface area contributed by atoms with Crippen molar-refractivity contribution >= 4 is 46.3 Å². The van der Waals surface area contributed by atoms with E-state index in [1.807, 2.05) is 30.3 Å². The summed E-state index contributed by atoms with van der Waals surface area (Å²) in [7, 11) is 1.34. The molecule has 3 aromatic carbocycles. The highest BCUT2D eigenvalue weighted by molar-refractivity contribution is 8.18. The Bertz CT molecular complexity index is 1500. The summed E-state index contributed by atoms with van der Waals surface area (Å²) in [6, 6.07) is 14.1. The van der Waals surface area contributed by atoms with E-state index in [1.165, 1.54) is 13.2 Å². The number of carbonyl (C=O) groups is 3. The van der Waals surface area contributed by atoms with Gasteiger partial charge >= 0.3 is 0 Å². The molecule has 0 aromatic heterocycles. The van der Waals surface area contributed by atoms with Gasteiger partial charge in [-0.2, -0.15) is 0 Å². The number of methoxy groups -OCH3 is 1. The Hall–Kier alpha value is -4.78. The first kappa shape index (κ1) is 27.3. The van der Waals surface area contributed by atoms with Crippen molar-refractivity contribution in [1.29, 1.82) is 0 Å². The van der Waals surface area contributed by atoms with E-state index in [0.29, 0.717) is 22.7 Å². The summed E-state index contributed by atoms with van der Waals surface area (Å²) < 4.78 is 37.9. The summed E-state index contributed by atoms with van der Waals surface area (Å²) in [6.07, 6.45) is 1.14. The van der Waals surface area contributed by atoms with Crippen LogP contribution >= 0.6 is 11.8 Å². The molecule has 0 radical (unpaired) electrons. The Morgan fingerprint density at radius 1 is 1.10 bits per heavy atom. The van der Waals surface area contributed by atoms with E-state index in [0.717, 1.165) is 29.8 Å². The van der Waals surface area contributed by atoms with Gasteiger partial charge in [-0.15, -0.1) is 0 Å². The van der Waals surface area contributed by atoms with E-state index >= 15 is 0 Å². The van der Waals surface area contributed by atoms with Gasteiger partial charge in [-0.05, 0) is 41.6 Å². The van der Waals surface area contributed by atoms with E-state index in [9.17, 15) is 33.3 Å². The van der Waals surface area contributed by atoms with Gasteiger partial charge in [-0.3, -0.25) is 29.4 Å². The van der Waals surface area contributed by atoms with E-state index in [-0.39, 0.29) is 34.3 Å². The number of hydrogen-bond acceptors (Lipinski definition) is 8. The average Bonchev–Trinajstić information content (AvgIpc) is 3.16. The number of thioether (sulfide) groups is 1. The second-order valence-corrected chi connectivity index (χ2v) is 9.03. The number of anilines is 1. The smallest absolute Gasteiger partial charge is 0.294 e. The van der Waals surface area contributed by atoms with E-state index < -0.39 is 45.8 Å². The van der Waals surface area contributed by atoms with Crippen molar-refractivity contribution in [3.63, 3.8) is 0 Å². The molecule has 1 aliphatic rings. The van der Waals surface area contributed by atoms with Crippen molar-refractivity contribution in [2.24, 2.45) is 0 Å². The fraction of sp³-hybridized carbons (Fsp3) is 0.115. The fourth-order valence-electron chi connectivity index (χ4n) is 3.55. The van der Waals surface area contributed by atoms with E-state index in [2.05, 4.69) is 5.32 Å². The Morgan fingerprint density at radius 2 is 1.85 bits per heavy atom. The highest BCUT2D eigenvalue weighted by Crippen LogP contribution is 2.39. The number of nitrogens with one attached hydrogen (secondary N) is 1. The summed E-state index contributed by atoms with van der Waals surface area (Å²) in [5.74, 6) is -3.40. The lowest BCUT2D eigenvalue weighted by molar-refractivity contribution is -0.385. The number of hydrogen-bond donors (Lipinski definition) is 1. The van der Waals surface area contributed by atoms with Crippen molar-refractivity contribution in [2.45, 2.75) is 6.61 Å². The molecule has 200 valence electrons. The molecule has 10 nitrogen and oxygen atoms in total. The van der Waals surface area contributed by atoms with Crippen molar-refractivity contribution in [3.8, 4) is 11.5 Å². The molecule has 0 unspecified atom stereocenters. The van der Waals surface area contributed by atoms with Crippen molar-refractivity contribution in [1.82, 2.24) is 4.90 Å². The fourth-order valence-corrected chi connectivity index (χ4v) is 4.38. The number of benzene rings is 3. The molecule has 0 spiro atoms. The monoisotopic (exact) mass is 555 g/mol. The number of carbonyl (C=O) groups excluding carboxylic acids is 3. The van der Waals surface area contributed by atoms with Crippen molar-refractivity contribution in [3.05, 3.63) is 98.4 Å². The van der Waals surface area contributed by atoms with Crippen LogP contribution in [-0.2, 0) is 16.2 Å². The summed E-state index contributed by atoms with van der Waals surface area (Å²) >= 11 is 0.476. The van der Waals surface area contributed by atoms with Gasteiger partial charge in [0, 0.05) is 6.07 Å². The molecule has 0 saturated carbocycles. The quantitative estimate of drug-likeness (QED) is 0.219. The first-order valence-corrected chi connectivity index (χ1v) is 12.0. The molecule has 4 rings (SSSR count). The number of nitro groups is 1. The third kappa shape index (κ3) is 6.38. The maximum absolute atomic E-state index is 13.8. The van der Waals surface area contributed by atoms with Crippen LogP contribution < -0.4 is 14.8 Å². The minimum atomic E-state index is -1.03. The van der Waals surface area contributed by atoms with Crippen LogP contribution in [0.4, 0.5) is 25.0 Å². The molecule has 1 saturated heterocycles. The largest absolute Gasteiger partial charge is 0.493 e. The van der Waals surface area contributed by atoms with Gasteiger partial charge in [0.15, 0.2) is 11.5 Å². The van der Waals surface area contributed by atoms with Gasteiger partial charge in [0.25, 0.3) is 16.8 Å². The lowest BCUT2D eigenvalue weighted by atomic mass is 10.1. The van der Waals surface area contributed by atoms with Crippen LogP contribution in [0.3, 0.4) is 0 Å². The van der Waals surface area contributed by atoms with Gasteiger partial charge in [0.05, 0.1) is 34.3 Å². The number of amides is 3. The summed E-state index contributed by atoms with van der Waals surface area (Å²) in [5.41, 5.74) is 0.0507. The molecule has 39 heavy (non-hydrogen) atoms. The van der Waals surface area contributed by atoms with Gasteiger partial charge in [-0.1, -0.05) is 30.3 Å². The summed E-state index contributed by atoms with van der Waals surface area (Å²) in [4.78, 5) is 49.2. The van der Waals surface area contributed by atoms with Crippen LogP contribution in [0, 0.1) is 21.7 Å². The zero-order valence-corrected chi connectivity index (χ0v) is 21.0. The predicted molar refractivity (Wildman–Crippen MR) is 138 cm³/mol. The zero-order valence-electron chi connectivity index (χ0n) is 20.2. The minimum Gasteiger partial charge on any atom is -0.493 e. The lowest BCUT2D eigenvalue weighted by Gasteiger charge is -2.13. The lowest BCUT2D eigenvalue weighted by Crippen LogP contribution is -2.36. The molecule has 1 N–H and O–H groups in total. The number of nitrogens with zero attached hydrogens (tertiary/aromatic N) is 2. The number of nitro benzene ring substituents is 1. The van der Waals surface area contributed by atoms with Crippen LogP contribution in [-0.4, -0.2) is 40.5 Å². The van der Waals surface area contributed by atoms with Gasteiger partial charge in [0.2, 0.25) is 5.91 Å². The van der Waals surface area contributed by atoms with Crippen LogP contribution in [0.25, 0.3) is 6.08 Å². The minimum absolute atomic E-state index is 0.0350. The standard InChI is InChI=1S/C26H19F2N3O7S/c1-37-21-9-16(20(31(35)36)12-22(21)38-14-15-5-3-2-4-6-15)10-23-25(33)30(26(34)39-23)13-24(32)29-19-8-7-17(27)11-18(19)28/h2-12H,13-14H2,1H3,(H,29,32)/b23-10+. The number of ether oxygens (including phenoxy) is 2. The van der Waals surface area contributed by atoms with Gasteiger partial charge in [-0.25, -0.2) is 8.78 Å². The molecule has 0 aliphatic carbocycles. The molecular formula is C26H19F2N3O7S. The Morgan fingerprint density at radius 3 is 2.51 bits per heavy atom. The Balaban J connectivity index is 1.54. The molecule has 1 aliphatic heterocycles. The highest BCUT2D eigenvalue weighted by atomic mass is 32.2. The third-order valence-electron chi connectivity index (χ3n) is 5.41. The topological polar surface area (TPSA) is 128 Å². The summed E-state index contributed by atoms with van der Waals surface area (Å²) in [6.45, 7) is -0.632. The van der Waals surface area contributed by atoms with E-state index in [1.54, 1.807) is 0 Å². The SMILES string of the molecule is COc1cc(/C=C2/SC(=O)N(CC(=O)Nc3ccc(F)cc3F)C2=O)c([N+](=O)[O-])cc1OCc1ccccc1. The zero-order chi connectivity index (χ0) is 28.1. The first-order chi connectivity index (χ1) is 18.7. The average molecular weight is 556 g/mol. The first-order valence-electron chi connectivity index (χ1n) is 11.2.